The van der Waals surface area contributed by atoms with Crippen molar-refractivity contribution in [2.75, 3.05) is 19.8 Å². The van der Waals surface area contributed by atoms with E-state index in [1.54, 1.807) is 0 Å². The number of rotatable bonds is 1. The SMILES string of the molecule is OC[C@]12COC(CO1)[C@@H]2O. The van der Waals surface area contributed by atoms with E-state index in [0.717, 1.165) is 0 Å². The summed E-state index contributed by atoms with van der Waals surface area (Å²) in [6, 6.07) is 0. The maximum Gasteiger partial charge on any atom is 0.143 e. The van der Waals surface area contributed by atoms with Gasteiger partial charge in [-0.15, -0.1) is 0 Å². The average Bonchev–Trinajstić information content (AvgIpc) is 2.46. The van der Waals surface area contributed by atoms with Crippen molar-refractivity contribution in [3.05, 3.63) is 0 Å². The topological polar surface area (TPSA) is 58.9 Å². The van der Waals surface area contributed by atoms with Crippen molar-refractivity contribution in [2.45, 2.75) is 17.8 Å². The summed E-state index contributed by atoms with van der Waals surface area (Å²) in [4.78, 5) is 0. The molecule has 2 aliphatic heterocycles. The molecule has 0 aromatic rings. The van der Waals surface area contributed by atoms with Crippen molar-refractivity contribution >= 4 is 0 Å². The molecule has 0 amide bonds. The standard InChI is InChI=1S/C6H10O4/c7-2-6-3-9-4(1-10-6)5(6)8/h4-5,7-8H,1-3H2/t4?,5-,6+/m0/s1. The second-order valence-corrected chi connectivity index (χ2v) is 2.83. The van der Waals surface area contributed by atoms with Crippen molar-refractivity contribution in [3.63, 3.8) is 0 Å². The largest absolute Gasteiger partial charge is 0.393 e. The van der Waals surface area contributed by atoms with Crippen molar-refractivity contribution in [1.29, 1.82) is 0 Å². The molecule has 0 aliphatic carbocycles. The van der Waals surface area contributed by atoms with Crippen molar-refractivity contribution in [2.24, 2.45) is 0 Å². The van der Waals surface area contributed by atoms with Gasteiger partial charge in [0, 0.05) is 0 Å². The van der Waals surface area contributed by atoms with Crippen LogP contribution in [0.3, 0.4) is 0 Å². The number of hydrogen-bond acceptors (Lipinski definition) is 4. The third-order valence-corrected chi connectivity index (χ3v) is 2.24. The fourth-order valence-corrected chi connectivity index (χ4v) is 1.46. The summed E-state index contributed by atoms with van der Waals surface area (Å²) in [5.41, 5.74) is -0.801. The first-order valence-electron chi connectivity index (χ1n) is 3.33. The van der Waals surface area contributed by atoms with Crippen LogP contribution in [0.1, 0.15) is 0 Å². The van der Waals surface area contributed by atoms with Gasteiger partial charge in [0.2, 0.25) is 0 Å². The molecule has 1 unspecified atom stereocenters. The summed E-state index contributed by atoms with van der Waals surface area (Å²) in [6.45, 7) is 0.557. The Morgan fingerprint density at radius 2 is 2.40 bits per heavy atom. The highest BCUT2D eigenvalue weighted by Gasteiger charge is 2.55. The quantitative estimate of drug-likeness (QED) is 0.473. The van der Waals surface area contributed by atoms with Gasteiger partial charge in [-0.05, 0) is 0 Å². The molecule has 0 radical (unpaired) electrons. The minimum absolute atomic E-state index is 0.162. The van der Waals surface area contributed by atoms with Crippen LogP contribution in [0.2, 0.25) is 0 Å². The molecule has 2 fully saturated rings. The van der Waals surface area contributed by atoms with Gasteiger partial charge in [-0.1, -0.05) is 0 Å². The number of aliphatic hydroxyl groups excluding tert-OH is 2. The fourth-order valence-electron chi connectivity index (χ4n) is 1.46. The monoisotopic (exact) mass is 146 g/mol. The predicted molar refractivity (Wildman–Crippen MR) is 31.5 cm³/mol. The molecule has 2 saturated heterocycles. The minimum atomic E-state index is -0.801. The molecule has 0 aromatic carbocycles. The summed E-state index contributed by atoms with van der Waals surface area (Å²) in [5, 5.41) is 18.2. The van der Waals surface area contributed by atoms with Crippen LogP contribution in [0, 0.1) is 0 Å². The van der Waals surface area contributed by atoms with Crippen LogP contribution < -0.4 is 0 Å². The van der Waals surface area contributed by atoms with Gasteiger partial charge in [0.05, 0.1) is 19.8 Å². The maximum atomic E-state index is 9.37. The van der Waals surface area contributed by atoms with Gasteiger partial charge >= 0.3 is 0 Å². The van der Waals surface area contributed by atoms with E-state index in [1.165, 1.54) is 0 Å². The van der Waals surface area contributed by atoms with Crippen LogP contribution >= 0.6 is 0 Å². The van der Waals surface area contributed by atoms with Gasteiger partial charge in [-0.2, -0.15) is 0 Å². The lowest BCUT2D eigenvalue weighted by molar-refractivity contribution is -0.122. The summed E-state index contributed by atoms with van der Waals surface area (Å²) < 4.78 is 10.3. The van der Waals surface area contributed by atoms with Gasteiger partial charge in [0.1, 0.15) is 17.8 Å². The molecular weight excluding hydrogens is 136 g/mol. The molecule has 4 nitrogen and oxygen atoms in total. The van der Waals surface area contributed by atoms with Crippen LogP contribution in [0.15, 0.2) is 0 Å². The highest BCUT2D eigenvalue weighted by molar-refractivity contribution is 5.03. The minimum Gasteiger partial charge on any atom is -0.393 e. The first-order chi connectivity index (χ1) is 4.78. The first-order valence-corrected chi connectivity index (χ1v) is 3.33. The van der Waals surface area contributed by atoms with Crippen LogP contribution in [-0.2, 0) is 9.47 Å². The van der Waals surface area contributed by atoms with E-state index in [2.05, 4.69) is 0 Å². The Labute approximate surface area is 58.4 Å². The highest BCUT2D eigenvalue weighted by atomic mass is 16.6. The molecule has 3 atom stereocenters. The smallest absolute Gasteiger partial charge is 0.143 e. The second kappa shape index (κ2) is 1.92. The van der Waals surface area contributed by atoms with E-state index in [4.69, 9.17) is 14.6 Å². The predicted octanol–water partition coefficient (Wildman–Crippen LogP) is -1.49. The number of ether oxygens (including phenoxy) is 2. The fraction of sp³-hybridized carbons (Fsp3) is 1.00. The van der Waals surface area contributed by atoms with Crippen molar-refractivity contribution in [1.82, 2.24) is 0 Å². The summed E-state index contributed by atoms with van der Waals surface area (Å²) >= 11 is 0. The molecule has 58 valence electrons. The van der Waals surface area contributed by atoms with E-state index in [1.807, 2.05) is 0 Å². The lowest BCUT2D eigenvalue weighted by atomic mass is 10.0. The Hall–Kier alpha value is -0.160. The molecule has 2 bridgehead atoms. The lowest BCUT2D eigenvalue weighted by Crippen LogP contribution is -2.43. The Kier molecular flexibility index (Phi) is 1.25. The molecular formula is C6H10O4. The number of hydrogen-bond donors (Lipinski definition) is 2. The molecule has 0 saturated carbocycles. The van der Waals surface area contributed by atoms with E-state index in [0.29, 0.717) is 13.2 Å². The Bertz CT molecular complexity index is 139. The second-order valence-electron chi connectivity index (χ2n) is 2.83. The average molecular weight is 146 g/mol. The zero-order chi connectivity index (χ0) is 7.19. The molecule has 2 aliphatic rings. The number of fused-ring (bicyclic) bond motifs is 2. The van der Waals surface area contributed by atoms with Gasteiger partial charge in [-0.3, -0.25) is 0 Å². The number of aliphatic hydroxyl groups is 2. The van der Waals surface area contributed by atoms with Gasteiger partial charge in [0.15, 0.2) is 0 Å². The first kappa shape index (κ1) is 6.54. The Morgan fingerprint density at radius 3 is 2.60 bits per heavy atom. The van der Waals surface area contributed by atoms with Crippen LogP contribution in [-0.4, -0.2) is 47.8 Å². The van der Waals surface area contributed by atoms with E-state index in [9.17, 15) is 5.11 Å². The van der Waals surface area contributed by atoms with Crippen molar-refractivity contribution < 1.29 is 19.7 Å². The van der Waals surface area contributed by atoms with Gasteiger partial charge in [0.25, 0.3) is 0 Å². The molecule has 2 rings (SSSR count). The Balaban J connectivity index is 2.22. The molecule has 10 heavy (non-hydrogen) atoms. The van der Waals surface area contributed by atoms with Crippen LogP contribution in [0.5, 0.6) is 0 Å². The molecule has 2 heterocycles. The summed E-state index contributed by atoms with van der Waals surface area (Å²) in [5.74, 6) is 0. The Morgan fingerprint density at radius 1 is 1.60 bits per heavy atom. The summed E-state index contributed by atoms with van der Waals surface area (Å²) in [6.07, 6.45) is -0.857. The third kappa shape index (κ3) is 0.594. The maximum absolute atomic E-state index is 9.37. The molecule has 4 heteroatoms. The molecule has 2 N–H and O–H groups in total. The van der Waals surface area contributed by atoms with Crippen molar-refractivity contribution in [3.8, 4) is 0 Å². The van der Waals surface area contributed by atoms with Crippen LogP contribution in [0.25, 0.3) is 0 Å². The zero-order valence-electron chi connectivity index (χ0n) is 5.49. The van der Waals surface area contributed by atoms with E-state index < -0.39 is 11.7 Å². The summed E-state index contributed by atoms with van der Waals surface area (Å²) in [7, 11) is 0. The third-order valence-electron chi connectivity index (χ3n) is 2.24. The zero-order valence-corrected chi connectivity index (χ0v) is 5.49. The lowest BCUT2D eigenvalue weighted by Gasteiger charge is -2.23. The molecule has 0 spiro atoms. The van der Waals surface area contributed by atoms with E-state index in [-0.39, 0.29) is 12.7 Å². The normalized spacial score (nSPS) is 52.2. The van der Waals surface area contributed by atoms with Gasteiger partial charge in [-0.25, -0.2) is 0 Å². The van der Waals surface area contributed by atoms with Gasteiger partial charge < -0.3 is 19.7 Å². The van der Waals surface area contributed by atoms with E-state index >= 15 is 0 Å². The molecule has 0 aromatic heterocycles. The van der Waals surface area contributed by atoms with Crippen LogP contribution in [0.4, 0.5) is 0 Å². The highest BCUT2D eigenvalue weighted by Crippen LogP contribution is 2.34.